The normalized spacial score (nSPS) is 31.4. The van der Waals surface area contributed by atoms with Crippen LogP contribution in [-0.4, -0.2) is 9.55 Å². The molecule has 11 heavy (non-hydrogen) atoms. The summed E-state index contributed by atoms with van der Waals surface area (Å²) in [5, 5.41) is 0. The third-order valence-corrected chi connectivity index (χ3v) is 2.70. The van der Waals surface area contributed by atoms with Crippen LogP contribution >= 0.6 is 0 Å². The quantitative estimate of drug-likeness (QED) is 0.543. The van der Waals surface area contributed by atoms with Crippen LogP contribution in [0.5, 0.6) is 0 Å². The van der Waals surface area contributed by atoms with E-state index in [-0.39, 0.29) is 0 Å². The van der Waals surface area contributed by atoms with Gasteiger partial charge in [0.25, 0.3) is 0 Å². The molecule has 2 aliphatic carbocycles. The van der Waals surface area contributed by atoms with Gasteiger partial charge in [0.1, 0.15) is 0 Å². The molecule has 56 valence electrons. The Bertz CT molecular complexity index is 335. The molecular weight excluding hydrogens is 136 g/mol. The van der Waals surface area contributed by atoms with Gasteiger partial charge >= 0.3 is 0 Å². The highest BCUT2D eigenvalue weighted by Crippen LogP contribution is 2.51. The Morgan fingerprint density at radius 2 is 2.55 bits per heavy atom. The van der Waals surface area contributed by atoms with Crippen LogP contribution in [0.3, 0.4) is 0 Å². The first kappa shape index (κ1) is 5.58. The number of hydrogen-bond donors (Lipinski definition) is 0. The third kappa shape index (κ3) is 0.595. The van der Waals surface area contributed by atoms with E-state index in [1.807, 2.05) is 6.33 Å². The average molecular weight is 146 g/mol. The van der Waals surface area contributed by atoms with E-state index in [2.05, 4.69) is 28.8 Å². The zero-order valence-electron chi connectivity index (χ0n) is 6.49. The van der Waals surface area contributed by atoms with E-state index in [1.54, 1.807) is 0 Å². The zero-order chi connectivity index (χ0) is 7.42. The molecule has 0 aliphatic heterocycles. The van der Waals surface area contributed by atoms with Crippen LogP contribution in [0.15, 0.2) is 12.4 Å². The first-order chi connectivity index (χ1) is 5.36. The van der Waals surface area contributed by atoms with Crippen molar-refractivity contribution < 1.29 is 0 Å². The summed E-state index contributed by atoms with van der Waals surface area (Å²) in [5.74, 6) is 1.58. The first-order valence-corrected chi connectivity index (χ1v) is 4.05. The van der Waals surface area contributed by atoms with Crippen LogP contribution in [0.2, 0.25) is 0 Å². The SMILES string of the molecule is Cn1cnc2c1C=CC1CC21. The second-order valence-corrected chi connectivity index (χ2v) is 3.49. The van der Waals surface area contributed by atoms with E-state index in [9.17, 15) is 0 Å². The second-order valence-electron chi connectivity index (χ2n) is 3.49. The van der Waals surface area contributed by atoms with Crippen LogP contribution in [0, 0.1) is 5.92 Å². The van der Waals surface area contributed by atoms with Gasteiger partial charge in [0.15, 0.2) is 0 Å². The second kappa shape index (κ2) is 1.58. The van der Waals surface area contributed by atoms with Crippen LogP contribution in [0.1, 0.15) is 23.7 Å². The molecule has 2 heteroatoms. The Morgan fingerprint density at radius 1 is 1.64 bits per heavy atom. The summed E-state index contributed by atoms with van der Waals surface area (Å²) < 4.78 is 2.10. The van der Waals surface area contributed by atoms with Gasteiger partial charge in [-0.3, -0.25) is 0 Å². The predicted octanol–water partition coefficient (Wildman–Crippen LogP) is 1.55. The topological polar surface area (TPSA) is 17.8 Å². The molecular formula is C9H10N2. The molecule has 1 heterocycles. The first-order valence-electron chi connectivity index (χ1n) is 4.05. The Kier molecular flexibility index (Phi) is 0.799. The molecule has 3 rings (SSSR count). The minimum Gasteiger partial charge on any atom is -0.334 e. The van der Waals surface area contributed by atoms with Crippen molar-refractivity contribution >= 4 is 6.08 Å². The van der Waals surface area contributed by atoms with Crippen molar-refractivity contribution in [2.45, 2.75) is 12.3 Å². The van der Waals surface area contributed by atoms with E-state index in [4.69, 9.17) is 0 Å². The Labute approximate surface area is 65.6 Å². The van der Waals surface area contributed by atoms with Gasteiger partial charge < -0.3 is 4.57 Å². The molecule has 0 bridgehead atoms. The monoisotopic (exact) mass is 146 g/mol. The van der Waals surface area contributed by atoms with E-state index >= 15 is 0 Å². The third-order valence-electron chi connectivity index (χ3n) is 2.70. The maximum absolute atomic E-state index is 4.39. The molecule has 1 aromatic heterocycles. The smallest absolute Gasteiger partial charge is 0.0951 e. The van der Waals surface area contributed by atoms with Gasteiger partial charge in [0.05, 0.1) is 17.7 Å². The molecule has 2 unspecified atom stereocenters. The molecule has 1 fully saturated rings. The van der Waals surface area contributed by atoms with E-state index in [0.29, 0.717) is 0 Å². The van der Waals surface area contributed by atoms with Crippen molar-refractivity contribution in [1.82, 2.24) is 9.55 Å². The zero-order valence-corrected chi connectivity index (χ0v) is 6.49. The lowest BCUT2D eigenvalue weighted by Crippen LogP contribution is -1.95. The maximum atomic E-state index is 4.39. The van der Waals surface area contributed by atoms with E-state index < -0.39 is 0 Å². The van der Waals surface area contributed by atoms with Crippen molar-refractivity contribution in [3.8, 4) is 0 Å². The van der Waals surface area contributed by atoms with Crippen LogP contribution < -0.4 is 0 Å². The van der Waals surface area contributed by atoms with Gasteiger partial charge in [0.2, 0.25) is 0 Å². The molecule has 2 atom stereocenters. The molecule has 0 saturated heterocycles. The number of aromatic nitrogens is 2. The fraction of sp³-hybridized carbons (Fsp3) is 0.444. The van der Waals surface area contributed by atoms with Gasteiger partial charge in [-0.2, -0.15) is 0 Å². The Balaban J connectivity index is 2.26. The van der Waals surface area contributed by atoms with Crippen molar-refractivity contribution in [2.24, 2.45) is 13.0 Å². The number of hydrogen-bond acceptors (Lipinski definition) is 1. The summed E-state index contributed by atoms with van der Waals surface area (Å²) in [6, 6.07) is 0. The van der Waals surface area contributed by atoms with Gasteiger partial charge in [-0.25, -0.2) is 4.98 Å². The van der Waals surface area contributed by atoms with Gasteiger partial charge in [-0.15, -0.1) is 0 Å². The standard InChI is InChI=1S/C9H10N2/c1-11-5-10-9-7-4-6(7)2-3-8(9)11/h2-3,5-7H,4H2,1H3. The summed E-state index contributed by atoms with van der Waals surface area (Å²) >= 11 is 0. The fourth-order valence-corrected chi connectivity index (χ4v) is 1.90. The number of nitrogens with zero attached hydrogens (tertiary/aromatic N) is 2. The molecule has 2 nitrogen and oxygen atoms in total. The molecule has 1 aromatic rings. The average Bonchev–Trinajstić information content (AvgIpc) is 2.71. The van der Waals surface area contributed by atoms with Crippen molar-refractivity contribution in [3.05, 3.63) is 23.8 Å². The summed E-state index contributed by atoms with van der Waals surface area (Å²) in [6.07, 6.45) is 7.75. The summed E-state index contributed by atoms with van der Waals surface area (Å²) in [7, 11) is 2.05. The molecule has 0 amide bonds. The van der Waals surface area contributed by atoms with Crippen molar-refractivity contribution in [3.63, 3.8) is 0 Å². The highest BCUT2D eigenvalue weighted by Gasteiger charge is 2.41. The summed E-state index contributed by atoms with van der Waals surface area (Å²) in [4.78, 5) is 4.39. The van der Waals surface area contributed by atoms with Crippen LogP contribution in [0.4, 0.5) is 0 Å². The van der Waals surface area contributed by atoms with Crippen molar-refractivity contribution in [1.29, 1.82) is 0 Å². The number of imidazole rings is 1. The van der Waals surface area contributed by atoms with Crippen molar-refractivity contribution in [2.75, 3.05) is 0 Å². The number of rotatable bonds is 0. The minimum absolute atomic E-state index is 0.760. The Hall–Kier alpha value is -1.05. The highest BCUT2D eigenvalue weighted by atomic mass is 15.0. The molecule has 1 saturated carbocycles. The molecule has 0 aromatic carbocycles. The Morgan fingerprint density at radius 3 is 3.45 bits per heavy atom. The summed E-state index contributed by atoms with van der Waals surface area (Å²) in [5.41, 5.74) is 2.63. The highest BCUT2D eigenvalue weighted by molar-refractivity contribution is 5.56. The van der Waals surface area contributed by atoms with E-state index in [0.717, 1.165) is 11.8 Å². The largest absolute Gasteiger partial charge is 0.334 e. The van der Waals surface area contributed by atoms with E-state index in [1.165, 1.54) is 17.8 Å². The molecule has 2 aliphatic rings. The van der Waals surface area contributed by atoms with Crippen LogP contribution in [0.25, 0.3) is 6.08 Å². The lowest BCUT2D eigenvalue weighted by atomic mass is 10.1. The molecule has 0 N–H and O–H groups in total. The lowest BCUT2D eigenvalue weighted by Gasteiger charge is -2.03. The fourth-order valence-electron chi connectivity index (χ4n) is 1.90. The molecule has 0 spiro atoms. The number of allylic oxidation sites excluding steroid dienone is 1. The lowest BCUT2D eigenvalue weighted by molar-refractivity contribution is 0.887. The number of fused-ring (bicyclic) bond motifs is 3. The summed E-state index contributed by atoms with van der Waals surface area (Å²) in [6.45, 7) is 0. The van der Waals surface area contributed by atoms with Gasteiger partial charge in [0, 0.05) is 13.0 Å². The number of aryl methyl sites for hydroxylation is 1. The van der Waals surface area contributed by atoms with Gasteiger partial charge in [-0.05, 0) is 18.4 Å². The van der Waals surface area contributed by atoms with Crippen LogP contribution in [-0.2, 0) is 7.05 Å². The maximum Gasteiger partial charge on any atom is 0.0951 e. The predicted molar refractivity (Wildman–Crippen MR) is 43.1 cm³/mol. The minimum atomic E-state index is 0.760. The molecule has 0 radical (unpaired) electrons. The van der Waals surface area contributed by atoms with Gasteiger partial charge in [-0.1, -0.05) is 6.08 Å².